The van der Waals surface area contributed by atoms with E-state index in [1.807, 2.05) is 14.0 Å². The van der Waals surface area contributed by atoms with Gasteiger partial charge in [-0.15, -0.1) is 0 Å². The molecule has 134 valence electrons. The van der Waals surface area contributed by atoms with E-state index in [9.17, 15) is 4.79 Å². The number of rotatable bonds is 6. The number of carbonyl (C=O) groups excluding carboxylic acids is 1. The minimum Gasteiger partial charge on any atom is -0.340 e. The summed E-state index contributed by atoms with van der Waals surface area (Å²) in [6.07, 6.45) is 4.20. The number of hydrogen-bond donors (Lipinski definition) is 1. The number of hydrogen-bond acceptors (Lipinski definition) is 8. The van der Waals surface area contributed by atoms with E-state index in [4.69, 9.17) is 4.52 Å². The van der Waals surface area contributed by atoms with E-state index in [2.05, 4.69) is 35.2 Å². The Labute approximate surface area is 146 Å². The summed E-state index contributed by atoms with van der Waals surface area (Å²) in [6, 6.07) is 1.82. The SMILES string of the molecule is Cc1nc(CN(C)[C@@H]2CCN([C@@H](C)C(=O)Nc3ncccn3)C2)no1. The zero-order chi connectivity index (χ0) is 17.8. The van der Waals surface area contributed by atoms with E-state index in [1.165, 1.54) is 0 Å². The van der Waals surface area contributed by atoms with Crippen molar-refractivity contribution < 1.29 is 9.32 Å². The molecule has 0 saturated carbocycles. The van der Waals surface area contributed by atoms with Gasteiger partial charge in [0.25, 0.3) is 0 Å². The Morgan fingerprint density at radius 3 is 2.92 bits per heavy atom. The molecule has 1 N–H and O–H groups in total. The quantitative estimate of drug-likeness (QED) is 0.817. The van der Waals surface area contributed by atoms with E-state index in [-0.39, 0.29) is 11.9 Å². The Hall–Kier alpha value is -2.39. The molecule has 9 heteroatoms. The first-order valence-corrected chi connectivity index (χ1v) is 8.34. The highest BCUT2D eigenvalue weighted by Gasteiger charge is 2.32. The molecule has 2 aromatic heterocycles. The van der Waals surface area contributed by atoms with E-state index in [0.29, 0.717) is 30.3 Å². The monoisotopic (exact) mass is 345 g/mol. The lowest BCUT2D eigenvalue weighted by atomic mass is 10.2. The van der Waals surface area contributed by atoms with Gasteiger partial charge in [-0.2, -0.15) is 4.98 Å². The van der Waals surface area contributed by atoms with Crippen LogP contribution in [0.4, 0.5) is 5.95 Å². The molecule has 1 aliphatic rings. The molecule has 9 nitrogen and oxygen atoms in total. The maximum Gasteiger partial charge on any atom is 0.243 e. The second-order valence-corrected chi connectivity index (χ2v) is 6.32. The second kappa shape index (κ2) is 7.66. The average Bonchev–Trinajstić information content (AvgIpc) is 3.24. The largest absolute Gasteiger partial charge is 0.340 e. The molecule has 1 fully saturated rings. The average molecular weight is 345 g/mol. The van der Waals surface area contributed by atoms with Gasteiger partial charge in [-0.3, -0.25) is 19.9 Å². The van der Waals surface area contributed by atoms with Gasteiger partial charge in [0.1, 0.15) is 0 Å². The third kappa shape index (κ3) is 4.37. The van der Waals surface area contributed by atoms with Gasteiger partial charge in [0.15, 0.2) is 5.82 Å². The predicted molar refractivity (Wildman–Crippen MR) is 90.6 cm³/mol. The fraction of sp³-hybridized carbons (Fsp3) is 0.562. The first-order chi connectivity index (χ1) is 12.0. The van der Waals surface area contributed by atoms with Gasteiger partial charge in [-0.1, -0.05) is 5.16 Å². The molecule has 2 aromatic rings. The number of anilines is 1. The fourth-order valence-corrected chi connectivity index (χ4v) is 2.98. The van der Waals surface area contributed by atoms with Crippen molar-refractivity contribution in [1.29, 1.82) is 0 Å². The zero-order valence-corrected chi connectivity index (χ0v) is 14.7. The molecule has 0 unspecified atom stereocenters. The molecule has 3 heterocycles. The molecular formula is C16H23N7O2. The van der Waals surface area contributed by atoms with Crippen LogP contribution in [0.3, 0.4) is 0 Å². The Kier molecular flexibility index (Phi) is 5.34. The molecule has 3 rings (SSSR count). The van der Waals surface area contributed by atoms with Crippen LogP contribution in [0.25, 0.3) is 0 Å². The minimum absolute atomic E-state index is 0.0942. The number of likely N-dealkylation sites (N-methyl/N-ethyl adjacent to an activating group) is 1. The Bertz CT molecular complexity index is 706. The first kappa shape index (κ1) is 17.4. The number of aryl methyl sites for hydroxylation is 1. The van der Waals surface area contributed by atoms with Crippen LogP contribution in [0.2, 0.25) is 0 Å². The van der Waals surface area contributed by atoms with Crippen molar-refractivity contribution in [3.8, 4) is 0 Å². The van der Waals surface area contributed by atoms with E-state index < -0.39 is 0 Å². The highest BCUT2D eigenvalue weighted by atomic mass is 16.5. The molecule has 25 heavy (non-hydrogen) atoms. The molecular weight excluding hydrogens is 322 g/mol. The number of carbonyl (C=O) groups is 1. The summed E-state index contributed by atoms with van der Waals surface area (Å²) in [5.74, 6) is 1.50. The molecule has 0 aromatic carbocycles. The second-order valence-electron chi connectivity index (χ2n) is 6.32. The Morgan fingerprint density at radius 2 is 2.24 bits per heavy atom. The third-order valence-electron chi connectivity index (χ3n) is 4.51. The number of aromatic nitrogens is 4. The summed E-state index contributed by atoms with van der Waals surface area (Å²) >= 11 is 0. The van der Waals surface area contributed by atoms with Crippen LogP contribution in [-0.2, 0) is 11.3 Å². The summed E-state index contributed by atoms with van der Waals surface area (Å²) in [6.45, 7) is 6.00. The lowest BCUT2D eigenvalue weighted by molar-refractivity contribution is -0.120. The van der Waals surface area contributed by atoms with Crippen molar-refractivity contribution in [2.45, 2.75) is 38.9 Å². The summed E-state index contributed by atoms with van der Waals surface area (Å²) in [5.41, 5.74) is 0. The molecule has 0 bridgehead atoms. The fourth-order valence-electron chi connectivity index (χ4n) is 2.98. The van der Waals surface area contributed by atoms with Gasteiger partial charge in [0, 0.05) is 38.4 Å². The van der Waals surface area contributed by atoms with Gasteiger partial charge in [0.2, 0.25) is 17.7 Å². The van der Waals surface area contributed by atoms with Crippen LogP contribution >= 0.6 is 0 Å². The van der Waals surface area contributed by atoms with Crippen molar-refractivity contribution in [1.82, 2.24) is 29.9 Å². The molecule has 0 radical (unpaired) electrons. The highest BCUT2D eigenvalue weighted by Crippen LogP contribution is 2.19. The highest BCUT2D eigenvalue weighted by molar-refractivity contribution is 5.93. The summed E-state index contributed by atoms with van der Waals surface area (Å²) in [7, 11) is 2.04. The van der Waals surface area contributed by atoms with Crippen molar-refractivity contribution in [3.05, 3.63) is 30.2 Å². The maximum absolute atomic E-state index is 12.4. The zero-order valence-electron chi connectivity index (χ0n) is 14.7. The number of nitrogens with one attached hydrogen (secondary N) is 1. The van der Waals surface area contributed by atoms with Crippen LogP contribution in [0.15, 0.2) is 23.0 Å². The Balaban J connectivity index is 1.51. The smallest absolute Gasteiger partial charge is 0.243 e. The van der Waals surface area contributed by atoms with E-state index in [0.717, 1.165) is 19.5 Å². The van der Waals surface area contributed by atoms with Gasteiger partial charge in [-0.05, 0) is 26.5 Å². The van der Waals surface area contributed by atoms with Crippen molar-refractivity contribution in [3.63, 3.8) is 0 Å². The lowest BCUT2D eigenvalue weighted by Gasteiger charge is -2.26. The van der Waals surface area contributed by atoms with Crippen LogP contribution in [0, 0.1) is 6.92 Å². The van der Waals surface area contributed by atoms with Crippen LogP contribution in [0.1, 0.15) is 25.1 Å². The van der Waals surface area contributed by atoms with Gasteiger partial charge in [-0.25, -0.2) is 9.97 Å². The summed E-state index contributed by atoms with van der Waals surface area (Å²) < 4.78 is 5.01. The summed E-state index contributed by atoms with van der Waals surface area (Å²) in [4.78, 5) is 29.1. The van der Waals surface area contributed by atoms with Crippen LogP contribution in [0.5, 0.6) is 0 Å². The number of nitrogens with zero attached hydrogens (tertiary/aromatic N) is 6. The van der Waals surface area contributed by atoms with Gasteiger partial charge < -0.3 is 4.52 Å². The molecule has 1 amide bonds. The van der Waals surface area contributed by atoms with E-state index >= 15 is 0 Å². The third-order valence-corrected chi connectivity index (χ3v) is 4.51. The van der Waals surface area contributed by atoms with Crippen molar-refractivity contribution >= 4 is 11.9 Å². The maximum atomic E-state index is 12.4. The molecule has 1 aliphatic heterocycles. The topological polar surface area (TPSA) is 100 Å². The molecule has 2 atom stereocenters. The van der Waals surface area contributed by atoms with E-state index in [1.54, 1.807) is 25.4 Å². The van der Waals surface area contributed by atoms with Crippen LogP contribution in [-0.4, -0.2) is 68.0 Å². The molecule has 0 spiro atoms. The predicted octanol–water partition coefficient (Wildman–Crippen LogP) is 0.701. The Morgan fingerprint density at radius 1 is 1.48 bits per heavy atom. The minimum atomic E-state index is -0.241. The summed E-state index contributed by atoms with van der Waals surface area (Å²) in [5, 5.41) is 6.69. The first-order valence-electron chi connectivity index (χ1n) is 8.34. The van der Waals surface area contributed by atoms with Gasteiger partial charge >= 0.3 is 0 Å². The molecule has 1 saturated heterocycles. The van der Waals surface area contributed by atoms with Crippen LogP contribution < -0.4 is 5.32 Å². The number of amides is 1. The standard InChI is InChI=1S/C16H23N7O2/c1-11(15(24)20-16-17-6-4-7-18-16)23-8-5-13(9-23)22(3)10-14-19-12(2)25-21-14/h4,6-7,11,13H,5,8-10H2,1-3H3,(H,17,18,20,24)/t11-,13+/m0/s1. The van der Waals surface area contributed by atoms with Crippen molar-refractivity contribution in [2.24, 2.45) is 0 Å². The number of likely N-dealkylation sites (tertiary alicyclic amines) is 1. The lowest BCUT2D eigenvalue weighted by Crippen LogP contribution is -2.43. The van der Waals surface area contributed by atoms with Gasteiger partial charge in [0.05, 0.1) is 12.6 Å². The molecule has 0 aliphatic carbocycles. The van der Waals surface area contributed by atoms with Crippen molar-refractivity contribution in [2.75, 3.05) is 25.5 Å². The normalized spacial score (nSPS) is 19.3.